The zero-order chi connectivity index (χ0) is 12.1. The molecule has 1 saturated heterocycles. The molecule has 3 nitrogen and oxygen atoms in total. The Hall–Kier alpha value is -1.24. The van der Waals surface area contributed by atoms with E-state index in [1.807, 2.05) is 12.1 Å². The average Bonchev–Trinajstić information content (AvgIpc) is 2.82. The van der Waals surface area contributed by atoms with Crippen molar-refractivity contribution < 1.29 is 0 Å². The molecule has 0 radical (unpaired) electrons. The van der Waals surface area contributed by atoms with Crippen LogP contribution in [0.4, 0.5) is 5.69 Å². The molecule has 0 spiro atoms. The molecule has 1 atom stereocenters. The van der Waals surface area contributed by atoms with E-state index in [1.165, 1.54) is 12.8 Å². The molecule has 1 aromatic rings. The van der Waals surface area contributed by atoms with Crippen molar-refractivity contribution in [2.75, 3.05) is 18.4 Å². The highest BCUT2D eigenvalue weighted by Gasteiger charge is 2.13. The normalized spacial score (nSPS) is 18.9. The monoisotopic (exact) mass is 249 g/mol. The molecule has 1 aliphatic heterocycles. The van der Waals surface area contributed by atoms with Gasteiger partial charge in [0.2, 0.25) is 0 Å². The number of nitrogens with one attached hydrogen (secondary N) is 2. The molecule has 2 rings (SSSR count). The van der Waals surface area contributed by atoms with Crippen LogP contribution < -0.4 is 10.6 Å². The van der Waals surface area contributed by atoms with Crippen molar-refractivity contribution in [3.63, 3.8) is 0 Å². The van der Waals surface area contributed by atoms with Gasteiger partial charge in [-0.15, -0.1) is 0 Å². The van der Waals surface area contributed by atoms with Gasteiger partial charge < -0.3 is 10.6 Å². The van der Waals surface area contributed by atoms with Crippen LogP contribution in [0.2, 0.25) is 5.02 Å². The van der Waals surface area contributed by atoms with Gasteiger partial charge in [0.05, 0.1) is 16.3 Å². The second-order valence-corrected chi connectivity index (χ2v) is 4.69. The average molecular weight is 250 g/mol. The molecular weight excluding hydrogens is 234 g/mol. The summed E-state index contributed by atoms with van der Waals surface area (Å²) in [6, 6.07) is 8.25. The van der Waals surface area contributed by atoms with E-state index >= 15 is 0 Å². The van der Waals surface area contributed by atoms with Gasteiger partial charge >= 0.3 is 0 Å². The van der Waals surface area contributed by atoms with Crippen molar-refractivity contribution in [3.8, 4) is 6.07 Å². The van der Waals surface area contributed by atoms with E-state index in [4.69, 9.17) is 16.9 Å². The molecule has 2 N–H and O–H groups in total. The molecule has 1 fully saturated rings. The molecule has 17 heavy (non-hydrogen) atoms. The number of nitrogens with zero attached hydrogens (tertiary/aromatic N) is 1. The van der Waals surface area contributed by atoms with Gasteiger partial charge in [-0.2, -0.15) is 5.26 Å². The molecule has 0 amide bonds. The van der Waals surface area contributed by atoms with Gasteiger partial charge in [-0.05, 0) is 37.9 Å². The van der Waals surface area contributed by atoms with E-state index in [2.05, 4.69) is 16.7 Å². The van der Waals surface area contributed by atoms with E-state index in [1.54, 1.807) is 6.07 Å². The van der Waals surface area contributed by atoms with Crippen molar-refractivity contribution in [2.24, 2.45) is 0 Å². The lowest BCUT2D eigenvalue weighted by molar-refractivity contribution is 0.574. The molecule has 90 valence electrons. The minimum absolute atomic E-state index is 0.511. The Morgan fingerprint density at radius 1 is 1.53 bits per heavy atom. The summed E-state index contributed by atoms with van der Waals surface area (Å²) in [6.45, 7) is 2.00. The molecule has 0 bridgehead atoms. The zero-order valence-corrected chi connectivity index (χ0v) is 10.4. The van der Waals surface area contributed by atoms with Gasteiger partial charge in [0.1, 0.15) is 6.07 Å². The van der Waals surface area contributed by atoms with Crippen LogP contribution in [0, 0.1) is 11.3 Å². The Balaban J connectivity index is 1.90. The lowest BCUT2D eigenvalue weighted by Crippen LogP contribution is -2.24. The van der Waals surface area contributed by atoms with Gasteiger partial charge in [0.15, 0.2) is 0 Å². The molecule has 0 aromatic heterocycles. The van der Waals surface area contributed by atoms with Crippen LogP contribution in [0.25, 0.3) is 0 Å². The maximum Gasteiger partial charge on any atom is 0.103 e. The SMILES string of the molecule is N#Cc1c(Cl)cccc1NCC[C@@H]1CCCN1. The summed E-state index contributed by atoms with van der Waals surface area (Å²) < 4.78 is 0. The lowest BCUT2D eigenvalue weighted by atomic mass is 10.1. The van der Waals surface area contributed by atoms with Crippen LogP contribution in [-0.4, -0.2) is 19.1 Å². The third kappa shape index (κ3) is 3.12. The maximum absolute atomic E-state index is 9.02. The minimum Gasteiger partial charge on any atom is -0.384 e. The molecule has 4 heteroatoms. The summed E-state index contributed by atoms with van der Waals surface area (Å²) in [7, 11) is 0. The van der Waals surface area contributed by atoms with Crippen LogP contribution in [0.5, 0.6) is 0 Å². The van der Waals surface area contributed by atoms with E-state index in [0.717, 1.165) is 25.2 Å². The lowest BCUT2D eigenvalue weighted by Gasteiger charge is -2.12. The predicted octanol–water partition coefficient (Wildman–Crippen LogP) is 2.77. The second-order valence-electron chi connectivity index (χ2n) is 4.28. The van der Waals surface area contributed by atoms with Crippen LogP contribution in [0.1, 0.15) is 24.8 Å². The number of halogens is 1. The first kappa shape index (κ1) is 12.2. The fourth-order valence-corrected chi connectivity index (χ4v) is 2.39. The van der Waals surface area contributed by atoms with Gasteiger partial charge in [-0.25, -0.2) is 0 Å². The van der Waals surface area contributed by atoms with E-state index < -0.39 is 0 Å². The second kappa shape index (κ2) is 5.90. The third-order valence-electron chi connectivity index (χ3n) is 3.10. The first-order chi connectivity index (χ1) is 8.31. The van der Waals surface area contributed by atoms with Gasteiger partial charge in [0, 0.05) is 12.6 Å². The summed E-state index contributed by atoms with van der Waals surface area (Å²) in [5.41, 5.74) is 1.37. The summed E-state index contributed by atoms with van der Waals surface area (Å²) in [4.78, 5) is 0. The Kier molecular flexibility index (Phi) is 4.24. The van der Waals surface area contributed by atoms with Crippen molar-refractivity contribution in [1.29, 1.82) is 5.26 Å². The van der Waals surface area contributed by atoms with Crippen LogP contribution >= 0.6 is 11.6 Å². The first-order valence-corrected chi connectivity index (χ1v) is 6.35. The first-order valence-electron chi connectivity index (χ1n) is 5.97. The number of benzene rings is 1. The van der Waals surface area contributed by atoms with Crippen molar-refractivity contribution >= 4 is 17.3 Å². The predicted molar refractivity (Wildman–Crippen MR) is 70.3 cm³/mol. The number of rotatable bonds is 4. The van der Waals surface area contributed by atoms with Gasteiger partial charge in [0.25, 0.3) is 0 Å². The standard InChI is InChI=1S/C13H16ClN3/c14-12-4-1-5-13(11(12)9-15)17-8-6-10-3-2-7-16-10/h1,4-5,10,16-17H,2-3,6-8H2/t10-/m0/s1. The van der Waals surface area contributed by atoms with Crippen LogP contribution in [-0.2, 0) is 0 Å². The molecular formula is C13H16ClN3. The molecule has 1 heterocycles. The molecule has 0 unspecified atom stereocenters. The molecule has 1 aromatic carbocycles. The summed E-state index contributed by atoms with van der Waals surface area (Å²) in [5.74, 6) is 0. The Labute approximate surface area is 107 Å². The molecule has 0 saturated carbocycles. The largest absolute Gasteiger partial charge is 0.384 e. The fourth-order valence-electron chi connectivity index (χ4n) is 2.17. The van der Waals surface area contributed by atoms with Crippen LogP contribution in [0.15, 0.2) is 18.2 Å². The molecule has 0 aliphatic carbocycles. The van der Waals surface area contributed by atoms with Crippen LogP contribution in [0.3, 0.4) is 0 Å². The molecule has 1 aliphatic rings. The Morgan fingerprint density at radius 3 is 3.12 bits per heavy atom. The van der Waals surface area contributed by atoms with Gasteiger partial charge in [-0.1, -0.05) is 17.7 Å². The smallest absolute Gasteiger partial charge is 0.103 e. The van der Waals surface area contributed by atoms with E-state index in [0.29, 0.717) is 16.6 Å². The van der Waals surface area contributed by atoms with Crippen molar-refractivity contribution in [1.82, 2.24) is 5.32 Å². The van der Waals surface area contributed by atoms with Crippen molar-refractivity contribution in [3.05, 3.63) is 28.8 Å². The highest BCUT2D eigenvalue weighted by Crippen LogP contribution is 2.23. The minimum atomic E-state index is 0.511. The number of hydrogen-bond donors (Lipinski definition) is 2. The van der Waals surface area contributed by atoms with E-state index in [-0.39, 0.29) is 0 Å². The highest BCUT2D eigenvalue weighted by molar-refractivity contribution is 6.32. The van der Waals surface area contributed by atoms with Crippen molar-refractivity contribution in [2.45, 2.75) is 25.3 Å². The van der Waals surface area contributed by atoms with Gasteiger partial charge in [-0.3, -0.25) is 0 Å². The zero-order valence-electron chi connectivity index (χ0n) is 9.67. The summed E-state index contributed by atoms with van der Waals surface area (Å²) in [5, 5.41) is 16.3. The highest BCUT2D eigenvalue weighted by atomic mass is 35.5. The van der Waals surface area contributed by atoms with E-state index in [9.17, 15) is 0 Å². The Morgan fingerprint density at radius 2 is 2.41 bits per heavy atom. The topological polar surface area (TPSA) is 47.9 Å². The number of hydrogen-bond acceptors (Lipinski definition) is 3. The summed E-state index contributed by atoms with van der Waals surface area (Å²) in [6.07, 6.45) is 3.60. The number of nitriles is 1. The Bertz CT molecular complexity index is 419. The third-order valence-corrected chi connectivity index (χ3v) is 3.41. The fraction of sp³-hybridized carbons (Fsp3) is 0.462. The summed E-state index contributed by atoms with van der Waals surface area (Å²) >= 11 is 5.96. The number of anilines is 1. The quantitative estimate of drug-likeness (QED) is 0.863. The maximum atomic E-state index is 9.02.